The topological polar surface area (TPSA) is 60.7 Å². The van der Waals surface area contributed by atoms with E-state index in [9.17, 15) is 9.59 Å². The number of ether oxygens (including phenoxy) is 1. The summed E-state index contributed by atoms with van der Waals surface area (Å²) in [6.07, 6.45) is 0. The van der Waals surface area contributed by atoms with Gasteiger partial charge in [-0.3, -0.25) is 9.59 Å². The van der Waals surface area contributed by atoms with Crippen LogP contribution in [-0.2, 0) is 16.1 Å². The van der Waals surface area contributed by atoms with E-state index in [1.807, 2.05) is 24.3 Å². The van der Waals surface area contributed by atoms with Crippen LogP contribution in [0.3, 0.4) is 0 Å². The Hall–Kier alpha value is -2.44. The van der Waals surface area contributed by atoms with Crippen LogP contribution in [0.1, 0.15) is 17.3 Å². The summed E-state index contributed by atoms with van der Waals surface area (Å²) < 4.78 is 7.67. The monoisotopic (exact) mass is 374 g/mol. The van der Waals surface area contributed by atoms with Crippen LogP contribution in [0.2, 0.25) is 5.02 Å². The van der Waals surface area contributed by atoms with Crippen molar-refractivity contribution in [1.29, 1.82) is 0 Å². The quantitative estimate of drug-likeness (QED) is 0.655. The molecule has 0 saturated carbocycles. The van der Waals surface area contributed by atoms with Crippen LogP contribution in [0.4, 0.5) is 0 Å². The molecule has 128 valence electrons. The lowest BCUT2D eigenvalue weighted by molar-refractivity contribution is -0.143. The van der Waals surface area contributed by atoms with Crippen LogP contribution >= 0.6 is 22.9 Å². The number of benzene rings is 2. The maximum atomic E-state index is 12.4. The summed E-state index contributed by atoms with van der Waals surface area (Å²) >= 11 is 7.20. The van der Waals surface area contributed by atoms with Gasteiger partial charge in [-0.25, -0.2) is 0 Å². The zero-order chi connectivity index (χ0) is 17.8. The molecule has 0 unspecified atom stereocenters. The minimum absolute atomic E-state index is 0.00455. The molecule has 5 nitrogen and oxygen atoms in total. The first-order chi connectivity index (χ1) is 12.1. The number of hydrogen-bond donors (Lipinski definition) is 0. The van der Waals surface area contributed by atoms with Gasteiger partial charge in [0.1, 0.15) is 6.54 Å². The number of para-hydroxylation sites is 1. The zero-order valence-corrected chi connectivity index (χ0v) is 15.0. The number of amides is 1. The van der Waals surface area contributed by atoms with Crippen molar-refractivity contribution in [3.05, 3.63) is 63.9 Å². The molecule has 0 atom stereocenters. The van der Waals surface area contributed by atoms with E-state index in [1.165, 1.54) is 11.3 Å². The molecule has 0 radical (unpaired) electrons. The molecule has 3 rings (SSSR count). The molecule has 0 spiro atoms. The molecule has 0 bridgehead atoms. The fourth-order valence-corrected chi connectivity index (χ4v) is 3.49. The van der Waals surface area contributed by atoms with Crippen LogP contribution in [0.25, 0.3) is 10.2 Å². The van der Waals surface area contributed by atoms with Gasteiger partial charge in [0, 0.05) is 10.6 Å². The Kier molecular flexibility index (Phi) is 5.31. The van der Waals surface area contributed by atoms with Gasteiger partial charge < -0.3 is 9.30 Å². The predicted molar refractivity (Wildman–Crippen MR) is 97.8 cm³/mol. The molecule has 1 amide bonds. The van der Waals surface area contributed by atoms with Crippen molar-refractivity contribution in [3.8, 4) is 0 Å². The van der Waals surface area contributed by atoms with Gasteiger partial charge in [-0.15, -0.1) is 0 Å². The number of esters is 1. The third-order valence-corrected chi connectivity index (χ3v) is 4.78. The standard InChI is InChI=1S/C18H15ClN2O3S/c1-2-24-16(22)11-21-14-5-3-4-6-15(14)25-18(21)20-17(23)12-7-9-13(19)10-8-12/h3-10H,2,11H2,1H3. The van der Waals surface area contributed by atoms with Crippen LogP contribution in [0, 0.1) is 0 Å². The normalized spacial score (nSPS) is 11.7. The summed E-state index contributed by atoms with van der Waals surface area (Å²) in [6, 6.07) is 14.1. The molecule has 0 aliphatic carbocycles. The van der Waals surface area contributed by atoms with Crippen molar-refractivity contribution in [1.82, 2.24) is 4.57 Å². The van der Waals surface area contributed by atoms with Crippen molar-refractivity contribution in [2.75, 3.05) is 6.61 Å². The molecule has 1 heterocycles. The molecule has 2 aromatic carbocycles. The number of aromatic nitrogens is 1. The van der Waals surface area contributed by atoms with E-state index < -0.39 is 0 Å². The van der Waals surface area contributed by atoms with Crippen LogP contribution < -0.4 is 4.80 Å². The van der Waals surface area contributed by atoms with E-state index >= 15 is 0 Å². The molecular weight excluding hydrogens is 360 g/mol. The maximum Gasteiger partial charge on any atom is 0.326 e. The largest absolute Gasteiger partial charge is 0.465 e. The molecular formula is C18H15ClN2O3S. The molecule has 7 heteroatoms. The molecule has 0 saturated heterocycles. The first-order valence-corrected chi connectivity index (χ1v) is 8.86. The average Bonchev–Trinajstić information content (AvgIpc) is 2.93. The number of fused-ring (bicyclic) bond motifs is 1. The summed E-state index contributed by atoms with van der Waals surface area (Å²) in [6.45, 7) is 2.06. The second-order valence-electron chi connectivity index (χ2n) is 5.17. The van der Waals surface area contributed by atoms with Gasteiger partial charge in [-0.05, 0) is 43.3 Å². The van der Waals surface area contributed by atoms with Crippen LogP contribution in [0.5, 0.6) is 0 Å². The van der Waals surface area contributed by atoms with Gasteiger partial charge >= 0.3 is 5.97 Å². The lowest BCUT2D eigenvalue weighted by atomic mass is 10.2. The number of rotatable bonds is 4. The minimum Gasteiger partial charge on any atom is -0.465 e. The second-order valence-corrected chi connectivity index (χ2v) is 6.61. The Balaban J connectivity index is 2.06. The summed E-state index contributed by atoms with van der Waals surface area (Å²) in [4.78, 5) is 29.0. The zero-order valence-electron chi connectivity index (χ0n) is 13.4. The van der Waals surface area contributed by atoms with E-state index in [4.69, 9.17) is 16.3 Å². The minimum atomic E-state index is -0.388. The van der Waals surface area contributed by atoms with Gasteiger partial charge in [-0.2, -0.15) is 4.99 Å². The Morgan fingerprint density at radius 2 is 1.88 bits per heavy atom. The highest BCUT2D eigenvalue weighted by Gasteiger charge is 2.12. The van der Waals surface area contributed by atoms with Gasteiger partial charge in [0.15, 0.2) is 4.80 Å². The van der Waals surface area contributed by atoms with E-state index in [1.54, 1.807) is 35.8 Å². The van der Waals surface area contributed by atoms with Crippen LogP contribution in [-0.4, -0.2) is 23.1 Å². The van der Waals surface area contributed by atoms with E-state index in [0.717, 1.165) is 10.2 Å². The van der Waals surface area contributed by atoms with Gasteiger partial charge in [0.05, 0.1) is 16.8 Å². The second kappa shape index (κ2) is 7.63. The molecule has 0 aliphatic heterocycles. The van der Waals surface area contributed by atoms with Gasteiger partial charge in [0.2, 0.25) is 0 Å². The number of thiazole rings is 1. The van der Waals surface area contributed by atoms with E-state index in [-0.39, 0.29) is 18.4 Å². The number of nitrogens with zero attached hydrogens (tertiary/aromatic N) is 2. The Labute approximate surface area is 153 Å². The molecule has 25 heavy (non-hydrogen) atoms. The van der Waals surface area contributed by atoms with Crippen LogP contribution in [0.15, 0.2) is 53.5 Å². The number of carbonyl (C=O) groups excluding carboxylic acids is 2. The lowest BCUT2D eigenvalue weighted by Gasteiger charge is -2.04. The Morgan fingerprint density at radius 1 is 1.16 bits per heavy atom. The summed E-state index contributed by atoms with van der Waals surface area (Å²) in [5.41, 5.74) is 1.27. The lowest BCUT2D eigenvalue weighted by Crippen LogP contribution is -2.23. The smallest absolute Gasteiger partial charge is 0.326 e. The molecule has 1 aromatic heterocycles. The Morgan fingerprint density at radius 3 is 2.60 bits per heavy atom. The first kappa shape index (κ1) is 17.4. The molecule has 0 fully saturated rings. The van der Waals surface area contributed by atoms with Crippen molar-refractivity contribution in [3.63, 3.8) is 0 Å². The van der Waals surface area contributed by atoms with E-state index in [2.05, 4.69) is 4.99 Å². The average molecular weight is 375 g/mol. The van der Waals surface area contributed by atoms with Crippen molar-refractivity contribution >= 4 is 45.0 Å². The highest BCUT2D eigenvalue weighted by molar-refractivity contribution is 7.16. The van der Waals surface area contributed by atoms with E-state index in [0.29, 0.717) is 22.0 Å². The maximum absolute atomic E-state index is 12.4. The first-order valence-electron chi connectivity index (χ1n) is 7.67. The summed E-state index contributed by atoms with van der Waals surface area (Å²) in [5.74, 6) is -0.757. The van der Waals surface area contributed by atoms with Crippen molar-refractivity contribution in [2.24, 2.45) is 4.99 Å². The van der Waals surface area contributed by atoms with Crippen molar-refractivity contribution in [2.45, 2.75) is 13.5 Å². The van der Waals surface area contributed by atoms with Crippen molar-refractivity contribution < 1.29 is 14.3 Å². The predicted octanol–water partition coefficient (Wildman–Crippen LogP) is 3.66. The van der Waals surface area contributed by atoms with Gasteiger partial charge in [-0.1, -0.05) is 35.1 Å². The third-order valence-electron chi connectivity index (χ3n) is 3.47. The molecule has 3 aromatic rings. The number of halogens is 1. The highest BCUT2D eigenvalue weighted by atomic mass is 35.5. The third kappa shape index (κ3) is 3.97. The highest BCUT2D eigenvalue weighted by Crippen LogP contribution is 2.17. The number of hydrogen-bond acceptors (Lipinski definition) is 4. The molecule has 0 aliphatic rings. The fourth-order valence-electron chi connectivity index (χ4n) is 2.34. The fraction of sp³-hybridized carbons (Fsp3) is 0.167. The Bertz CT molecular complexity index is 989. The summed E-state index contributed by atoms with van der Waals surface area (Å²) in [7, 11) is 0. The summed E-state index contributed by atoms with van der Waals surface area (Å²) in [5, 5.41) is 0.552. The molecule has 0 N–H and O–H groups in total. The SMILES string of the molecule is CCOC(=O)Cn1c(=NC(=O)c2ccc(Cl)cc2)sc2ccccc21. The number of carbonyl (C=O) groups is 2. The van der Waals surface area contributed by atoms with Gasteiger partial charge in [0.25, 0.3) is 5.91 Å².